The molecule has 2 aliphatic carbocycles. The van der Waals surface area contributed by atoms with Crippen molar-refractivity contribution in [3.63, 3.8) is 0 Å². The minimum Gasteiger partial charge on any atom is -0.372 e. The van der Waals surface area contributed by atoms with E-state index in [0.29, 0.717) is 47.6 Å². The maximum Gasteiger partial charge on any atom is 0.336 e. The van der Waals surface area contributed by atoms with Crippen LogP contribution >= 0.6 is 0 Å². The molecular weight excluding hydrogens is 977 g/mol. The van der Waals surface area contributed by atoms with E-state index < -0.39 is 16.8 Å². The predicted octanol–water partition coefficient (Wildman–Crippen LogP) is 16.0. The molecule has 4 nitrogen and oxygen atoms in total. The molecule has 12 rings (SSSR count). The van der Waals surface area contributed by atoms with Crippen molar-refractivity contribution in [3.05, 3.63) is 187 Å². The van der Waals surface area contributed by atoms with E-state index in [9.17, 15) is 0 Å². The van der Waals surface area contributed by atoms with Gasteiger partial charge in [0.05, 0.1) is 11.4 Å². The van der Waals surface area contributed by atoms with Crippen LogP contribution in [-0.2, 0) is 0 Å². The number of aryl methyl sites for hydroxylation is 6. The Morgan fingerprint density at radius 1 is 0.385 bits per heavy atom. The lowest BCUT2D eigenvalue weighted by Crippen LogP contribution is -2.78. The van der Waals surface area contributed by atoms with Gasteiger partial charge >= 0.3 is 16.8 Å². The topological polar surface area (TPSA) is 13.0 Å². The van der Waals surface area contributed by atoms with Crippen molar-refractivity contribution in [1.29, 1.82) is 0 Å². The Balaban J connectivity index is 0.000000165. The van der Waals surface area contributed by atoms with E-state index >= 15 is 0 Å². The zero-order chi connectivity index (χ0) is 55.6. The van der Waals surface area contributed by atoms with Gasteiger partial charge in [-0.3, -0.25) is 0 Å². The lowest BCUT2D eigenvalue weighted by Gasteiger charge is -2.49. The van der Waals surface area contributed by atoms with Crippen LogP contribution < -0.4 is 20.7 Å². The van der Waals surface area contributed by atoms with Gasteiger partial charge in [-0.1, -0.05) is 168 Å². The van der Waals surface area contributed by atoms with E-state index in [-0.39, 0.29) is 0 Å². The second-order valence-corrected chi connectivity index (χ2v) is 34.1. The van der Waals surface area contributed by atoms with Crippen molar-refractivity contribution in [2.24, 2.45) is 11.8 Å². The third-order valence-corrected chi connectivity index (χ3v) is 30.4. The summed E-state index contributed by atoms with van der Waals surface area (Å²) < 4.78 is 11.9. The van der Waals surface area contributed by atoms with Gasteiger partial charge < -0.3 is 18.3 Å². The summed E-state index contributed by atoms with van der Waals surface area (Å²) in [6, 6.07) is 21.6. The normalized spacial score (nSPS) is 25.5. The summed E-state index contributed by atoms with van der Waals surface area (Å²) in [7, 11) is -5.39. The zero-order valence-electron chi connectivity index (χ0n) is 51.5. The summed E-state index contributed by atoms with van der Waals surface area (Å²) in [6.07, 6.45) is 29.6. The SMILES string of the molecule is Cc1cc(C)c([Si@@]2(c3c(C(C)C)cc(C(C)C)cc3C(C)C)N3C=CC=CC3=C3C[C@H]4CCC[C@H]4N32)c(C)c1.Cc1cc(C)c([Si@]2(c3c(C(C)C)cc(C(C)C)cc3C(C)C)N3C=CC=CC3=C3C[C@H]4CCC[C@H]4N32)c(C)c1. The largest absolute Gasteiger partial charge is 0.372 e. The van der Waals surface area contributed by atoms with Gasteiger partial charge in [-0.2, -0.15) is 0 Å². The summed E-state index contributed by atoms with van der Waals surface area (Å²) in [5, 5.41) is 6.64. The Hall–Kier alpha value is -5.05. The molecule has 0 radical (unpaired) electrons. The summed E-state index contributed by atoms with van der Waals surface area (Å²) in [5.41, 5.74) is 24.2. The Morgan fingerprint density at radius 3 is 1.00 bits per heavy atom. The fourth-order valence-corrected chi connectivity index (χ4v) is 30.1. The molecule has 4 fully saturated rings. The van der Waals surface area contributed by atoms with Crippen LogP contribution in [0.5, 0.6) is 0 Å². The average Bonchev–Trinajstić information content (AvgIpc) is 2.25. The van der Waals surface area contributed by atoms with E-state index in [1.807, 2.05) is 0 Å². The summed E-state index contributed by atoms with van der Waals surface area (Å²) in [6.45, 7) is 43.1. The zero-order valence-corrected chi connectivity index (χ0v) is 53.5. The third kappa shape index (κ3) is 8.27. The molecule has 0 bridgehead atoms. The first-order chi connectivity index (χ1) is 37.1. The molecule has 4 aromatic carbocycles. The number of allylic oxidation sites excluding steroid dienone is 8. The first kappa shape index (κ1) is 54.9. The molecule has 78 heavy (non-hydrogen) atoms. The van der Waals surface area contributed by atoms with Crippen molar-refractivity contribution >= 4 is 37.5 Å². The number of hydrogen-bond donors (Lipinski definition) is 0. The van der Waals surface area contributed by atoms with Crippen LogP contribution in [0, 0.1) is 53.4 Å². The second-order valence-electron chi connectivity index (χ2n) is 27.4. The van der Waals surface area contributed by atoms with Gasteiger partial charge in [0, 0.05) is 23.5 Å². The molecule has 0 amide bonds. The molecule has 0 aromatic heterocycles. The van der Waals surface area contributed by atoms with Crippen LogP contribution in [0.1, 0.15) is 237 Å². The lowest BCUT2D eigenvalue weighted by molar-refractivity contribution is 0.389. The van der Waals surface area contributed by atoms with Crippen LogP contribution in [0.25, 0.3) is 0 Å². The Bertz CT molecular complexity index is 2930. The highest BCUT2D eigenvalue weighted by Crippen LogP contribution is 2.55. The molecule has 6 heterocycles. The highest BCUT2D eigenvalue weighted by atomic mass is 28.4. The fraction of sp³-hybridized carbons (Fsp3) is 0.500. The van der Waals surface area contributed by atoms with Gasteiger partial charge in [0.25, 0.3) is 0 Å². The molecule has 6 aliphatic heterocycles. The second kappa shape index (κ2) is 20.5. The molecule has 4 aromatic rings. The van der Waals surface area contributed by atoms with Gasteiger partial charge in [0.2, 0.25) is 0 Å². The minimum atomic E-state index is -2.69. The average molecular weight is 1070 g/mol. The van der Waals surface area contributed by atoms with Crippen molar-refractivity contribution in [1.82, 2.24) is 18.3 Å². The third-order valence-electron chi connectivity index (χ3n) is 20.1. The highest BCUT2D eigenvalue weighted by Gasteiger charge is 2.66. The standard InChI is InChI=1S/2C36H48N2Si/c2*1-22(2)29-19-30(23(3)4)36(31(20-29)24(5)6)39(35-26(8)17-25(7)18-27(35)9)37-16-11-10-14-33(37)34-21-28-13-12-15-32(28)38(34)39/h2*10-11,14,16-20,22-24,28,32H,12-13,15,21H2,1-9H3/t28-,32-,39+;28-,32-,39-/m11/s1. The molecule has 6 atom stereocenters. The van der Waals surface area contributed by atoms with Crippen LogP contribution in [0.4, 0.5) is 0 Å². The van der Waals surface area contributed by atoms with Gasteiger partial charge in [-0.15, -0.1) is 0 Å². The van der Waals surface area contributed by atoms with Crippen molar-refractivity contribution in [3.8, 4) is 0 Å². The summed E-state index contributed by atoms with van der Waals surface area (Å²) in [5.74, 6) is 4.49. The van der Waals surface area contributed by atoms with Gasteiger partial charge in [-0.05, 0) is 240 Å². The fourth-order valence-electron chi connectivity index (χ4n) is 17.2. The Labute approximate surface area is 475 Å². The number of benzene rings is 4. The van der Waals surface area contributed by atoms with E-state index in [1.165, 1.54) is 107 Å². The monoisotopic (exact) mass is 1070 g/mol. The molecule has 412 valence electrons. The molecule has 2 saturated carbocycles. The number of fused-ring (bicyclic) bond motifs is 8. The maximum atomic E-state index is 3.10. The maximum absolute atomic E-state index is 3.10. The highest BCUT2D eigenvalue weighted by molar-refractivity contribution is 7.01. The van der Waals surface area contributed by atoms with Crippen molar-refractivity contribution in [2.45, 2.75) is 224 Å². The number of rotatable bonds is 10. The van der Waals surface area contributed by atoms with E-state index in [1.54, 1.807) is 54.4 Å². The van der Waals surface area contributed by atoms with Crippen molar-refractivity contribution < 1.29 is 0 Å². The number of hydrogen-bond acceptors (Lipinski definition) is 4. The van der Waals surface area contributed by atoms with Crippen LogP contribution in [0.15, 0.2) is 120 Å². The van der Waals surface area contributed by atoms with E-state index in [0.717, 1.165) is 11.8 Å². The molecule has 0 spiro atoms. The van der Waals surface area contributed by atoms with Gasteiger partial charge in [0.15, 0.2) is 0 Å². The van der Waals surface area contributed by atoms with Crippen LogP contribution in [0.2, 0.25) is 0 Å². The Kier molecular flexibility index (Phi) is 14.4. The van der Waals surface area contributed by atoms with Gasteiger partial charge in [-0.25, -0.2) is 0 Å². The molecule has 2 saturated heterocycles. The van der Waals surface area contributed by atoms with E-state index in [2.05, 4.69) is 240 Å². The first-order valence-electron chi connectivity index (χ1n) is 31.0. The summed E-state index contributed by atoms with van der Waals surface area (Å²) in [4.78, 5) is 0. The van der Waals surface area contributed by atoms with Crippen LogP contribution in [0.3, 0.4) is 0 Å². The van der Waals surface area contributed by atoms with Crippen molar-refractivity contribution in [2.75, 3.05) is 0 Å². The molecule has 0 N–H and O–H groups in total. The summed E-state index contributed by atoms with van der Waals surface area (Å²) >= 11 is 0. The Morgan fingerprint density at radius 2 is 0.705 bits per heavy atom. The molecule has 8 aliphatic rings. The predicted molar refractivity (Wildman–Crippen MR) is 338 cm³/mol. The van der Waals surface area contributed by atoms with E-state index in [4.69, 9.17) is 0 Å². The van der Waals surface area contributed by atoms with Crippen LogP contribution in [-0.4, -0.2) is 47.1 Å². The molecule has 6 heteroatoms. The smallest absolute Gasteiger partial charge is 0.336 e. The molecule has 0 unspecified atom stereocenters. The van der Waals surface area contributed by atoms with Gasteiger partial charge in [0.1, 0.15) is 0 Å². The lowest BCUT2D eigenvalue weighted by atomic mass is 9.89. The first-order valence-corrected chi connectivity index (χ1v) is 34.8. The quantitative estimate of drug-likeness (QED) is 0.147. The number of nitrogens with zero attached hydrogens (tertiary/aromatic N) is 4. The molecular formula is C72H96N4Si2. The minimum absolute atomic E-state index is 0.463.